The lowest BCUT2D eigenvalue weighted by Gasteiger charge is -2.18. The lowest BCUT2D eigenvalue weighted by molar-refractivity contribution is -0.141. The average molecular weight is 318 g/mol. The fourth-order valence-electron chi connectivity index (χ4n) is 1.81. The predicted molar refractivity (Wildman–Crippen MR) is 72.2 cm³/mol. The zero-order valence-electron chi connectivity index (χ0n) is 12.5. The first-order chi connectivity index (χ1) is 10.2. The molecular formula is C14H17F3N2O3. The van der Waals surface area contributed by atoms with Crippen molar-refractivity contribution in [3.63, 3.8) is 0 Å². The molecule has 1 rings (SSSR count). The smallest absolute Gasteiger partial charge is 0.433 e. The Morgan fingerprint density at radius 2 is 1.95 bits per heavy atom. The zero-order valence-corrected chi connectivity index (χ0v) is 12.5. The van der Waals surface area contributed by atoms with Gasteiger partial charge in [-0.1, -0.05) is 0 Å². The van der Waals surface area contributed by atoms with Crippen molar-refractivity contribution >= 4 is 11.9 Å². The monoisotopic (exact) mass is 318 g/mol. The van der Waals surface area contributed by atoms with E-state index < -0.39 is 17.8 Å². The summed E-state index contributed by atoms with van der Waals surface area (Å²) in [6, 6.07) is 1.90. The van der Waals surface area contributed by atoms with E-state index in [2.05, 4.69) is 9.72 Å². The summed E-state index contributed by atoms with van der Waals surface area (Å²) in [6.07, 6.45) is -3.97. The molecule has 0 aliphatic carbocycles. The highest BCUT2D eigenvalue weighted by Crippen LogP contribution is 2.28. The number of pyridine rings is 1. The first-order valence-electron chi connectivity index (χ1n) is 6.54. The number of carbonyl (C=O) groups is 2. The molecule has 1 aromatic heterocycles. The quantitative estimate of drug-likeness (QED) is 0.782. The topological polar surface area (TPSA) is 59.5 Å². The number of ether oxygens (including phenoxy) is 1. The van der Waals surface area contributed by atoms with Gasteiger partial charge in [0, 0.05) is 20.0 Å². The van der Waals surface area contributed by atoms with Crippen molar-refractivity contribution in [2.24, 2.45) is 0 Å². The van der Waals surface area contributed by atoms with Gasteiger partial charge in [0.2, 0.25) is 0 Å². The Labute approximate surface area is 126 Å². The number of aromatic nitrogens is 1. The highest BCUT2D eigenvalue weighted by molar-refractivity contribution is 5.95. The van der Waals surface area contributed by atoms with E-state index in [1.165, 1.54) is 26.0 Å². The molecule has 0 unspecified atom stereocenters. The summed E-state index contributed by atoms with van der Waals surface area (Å²) < 4.78 is 42.1. The van der Waals surface area contributed by atoms with Crippen molar-refractivity contribution in [1.29, 1.82) is 0 Å². The van der Waals surface area contributed by atoms with Crippen LogP contribution < -0.4 is 0 Å². The Morgan fingerprint density at radius 3 is 2.45 bits per heavy atom. The van der Waals surface area contributed by atoms with Gasteiger partial charge in [-0.05, 0) is 25.5 Å². The molecule has 8 heteroatoms. The zero-order chi connectivity index (χ0) is 16.9. The molecule has 1 aromatic rings. The number of methoxy groups -OCH3 is 1. The molecule has 0 bridgehead atoms. The number of carbonyl (C=O) groups excluding carboxylic acids is 2. The number of rotatable bonds is 5. The van der Waals surface area contributed by atoms with Gasteiger partial charge in [-0.3, -0.25) is 9.59 Å². The fourth-order valence-corrected chi connectivity index (χ4v) is 1.81. The van der Waals surface area contributed by atoms with Crippen LogP contribution in [0.3, 0.4) is 0 Å². The van der Waals surface area contributed by atoms with Gasteiger partial charge in [-0.15, -0.1) is 0 Å². The van der Waals surface area contributed by atoms with E-state index in [1.807, 2.05) is 0 Å². The van der Waals surface area contributed by atoms with Crippen molar-refractivity contribution < 1.29 is 27.5 Å². The van der Waals surface area contributed by atoms with Gasteiger partial charge in [-0.25, -0.2) is 4.98 Å². The van der Waals surface area contributed by atoms with E-state index in [9.17, 15) is 22.8 Å². The second-order valence-electron chi connectivity index (χ2n) is 4.73. The minimum absolute atomic E-state index is 0.0136. The van der Waals surface area contributed by atoms with E-state index in [0.717, 1.165) is 12.1 Å². The molecule has 0 N–H and O–H groups in total. The molecule has 0 aliphatic rings. The van der Waals surface area contributed by atoms with Gasteiger partial charge in [0.25, 0.3) is 5.91 Å². The van der Waals surface area contributed by atoms with E-state index in [1.54, 1.807) is 0 Å². The summed E-state index contributed by atoms with van der Waals surface area (Å²) in [7, 11) is 2.78. The minimum atomic E-state index is -4.54. The molecule has 1 amide bonds. The molecule has 5 nitrogen and oxygen atoms in total. The molecule has 122 valence electrons. The highest BCUT2D eigenvalue weighted by atomic mass is 19.4. The summed E-state index contributed by atoms with van der Waals surface area (Å²) >= 11 is 0. The predicted octanol–water partition coefficient (Wildman–Crippen LogP) is 2.43. The number of hydrogen-bond donors (Lipinski definition) is 0. The van der Waals surface area contributed by atoms with Crippen LogP contribution in [-0.4, -0.2) is 42.5 Å². The second kappa shape index (κ2) is 7.24. The molecule has 0 spiro atoms. The number of nitrogens with zero attached hydrogens (tertiary/aromatic N) is 2. The van der Waals surface area contributed by atoms with E-state index in [4.69, 9.17) is 0 Å². The van der Waals surface area contributed by atoms with Crippen LogP contribution in [0.15, 0.2) is 12.1 Å². The summed E-state index contributed by atoms with van der Waals surface area (Å²) in [5.74, 6) is -0.822. The van der Waals surface area contributed by atoms with Gasteiger partial charge in [0.15, 0.2) is 0 Å². The van der Waals surface area contributed by atoms with E-state index in [-0.39, 0.29) is 30.2 Å². The Bertz CT molecular complexity index is 559. The third-order valence-electron chi connectivity index (χ3n) is 3.06. The van der Waals surface area contributed by atoms with Crippen LogP contribution >= 0.6 is 0 Å². The number of amides is 1. The third-order valence-corrected chi connectivity index (χ3v) is 3.06. The van der Waals surface area contributed by atoms with Crippen molar-refractivity contribution in [3.05, 3.63) is 29.1 Å². The lowest BCUT2D eigenvalue weighted by atomic mass is 10.1. The average Bonchev–Trinajstić information content (AvgIpc) is 2.45. The molecule has 22 heavy (non-hydrogen) atoms. The first kappa shape index (κ1) is 17.9. The molecule has 1 heterocycles. The van der Waals surface area contributed by atoms with Crippen LogP contribution in [-0.2, 0) is 15.7 Å². The molecule has 0 radical (unpaired) electrons. The number of alkyl halides is 3. The lowest BCUT2D eigenvalue weighted by Crippen LogP contribution is -2.29. The number of aryl methyl sites for hydroxylation is 1. The van der Waals surface area contributed by atoms with E-state index in [0.29, 0.717) is 6.42 Å². The van der Waals surface area contributed by atoms with Crippen molar-refractivity contribution in [2.45, 2.75) is 25.9 Å². The summed E-state index contributed by atoms with van der Waals surface area (Å²) in [4.78, 5) is 27.9. The van der Waals surface area contributed by atoms with Gasteiger partial charge in [0.05, 0.1) is 18.4 Å². The largest absolute Gasteiger partial charge is 0.469 e. The number of hydrogen-bond acceptors (Lipinski definition) is 4. The van der Waals surface area contributed by atoms with Crippen LogP contribution in [0.25, 0.3) is 0 Å². The van der Waals surface area contributed by atoms with Gasteiger partial charge >= 0.3 is 12.1 Å². The molecule has 0 fully saturated rings. The maximum atomic E-state index is 12.5. The Morgan fingerprint density at radius 1 is 1.32 bits per heavy atom. The Hall–Kier alpha value is -2.12. The van der Waals surface area contributed by atoms with Crippen molar-refractivity contribution in [3.8, 4) is 0 Å². The van der Waals surface area contributed by atoms with Crippen LogP contribution in [0.1, 0.15) is 34.6 Å². The second-order valence-corrected chi connectivity index (χ2v) is 4.73. The van der Waals surface area contributed by atoms with Crippen LogP contribution in [0, 0.1) is 6.92 Å². The van der Waals surface area contributed by atoms with Gasteiger partial charge in [0.1, 0.15) is 5.69 Å². The van der Waals surface area contributed by atoms with E-state index >= 15 is 0 Å². The maximum Gasteiger partial charge on any atom is 0.433 e. The van der Waals surface area contributed by atoms with Crippen molar-refractivity contribution in [1.82, 2.24) is 9.88 Å². The van der Waals surface area contributed by atoms with Gasteiger partial charge in [-0.2, -0.15) is 13.2 Å². The number of esters is 1. The van der Waals surface area contributed by atoms with Crippen LogP contribution in [0.2, 0.25) is 0 Å². The molecular weight excluding hydrogens is 301 g/mol. The first-order valence-corrected chi connectivity index (χ1v) is 6.54. The minimum Gasteiger partial charge on any atom is -0.469 e. The molecule has 0 aliphatic heterocycles. The summed E-state index contributed by atoms with van der Waals surface area (Å²) in [5.41, 5.74) is -0.914. The summed E-state index contributed by atoms with van der Waals surface area (Å²) in [6.45, 7) is 1.64. The Balaban J connectivity index is 2.74. The maximum absolute atomic E-state index is 12.5. The fraction of sp³-hybridized carbons (Fsp3) is 0.500. The van der Waals surface area contributed by atoms with Crippen molar-refractivity contribution in [2.75, 3.05) is 20.7 Å². The highest BCUT2D eigenvalue weighted by Gasteiger charge is 2.33. The summed E-state index contributed by atoms with van der Waals surface area (Å²) in [5, 5.41) is 0. The SMILES string of the molecule is COC(=O)CCCN(C)C(=O)c1ccc(C(F)(F)F)nc1C. The Kier molecular flexibility index (Phi) is 5.90. The molecule has 0 saturated heterocycles. The molecule has 0 aromatic carbocycles. The van der Waals surface area contributed by atoms with Crippen LogP contribution in [0.4, 0.5) is 13.2 Å². The van der Waals surface area contributed by atoms with Crippen LogP contribution in [0.5, 0.6) is 0 Å². The number of halogens is 3. The third kappa shape index (κ3) is 4.71. The molecule has 0 atom stereocenters. The molecule has 0 saturated carbocycles. The standard InChI is InChI=1S/C14H17F3N2O3/c1-9-10(6-7-11(18-9)14(15,16)17)13(21)19(2)8-4-5-12(20)22-3/h6-7H,4-5,8H2,1-3H3. The van der Waals surface area contributed by atoms with Gasteiger partial charge < -0.3 is 9.64 Å². The normalized spacial score (nSPS) is 11.2.